The first kappa shape index (κ1) is 16.5. The minimum Gasteiger partial charge on any atom is -0.338 e. The number of carbonyl (C=O) groups is 1. The molecule has 0 radical (unpaired) electrons. The first-order valence-electron chi connectivity index (χ1n) is 7.67. The number of hydrogen-bond donors (Lipinski definition) is 0. The second-order valence-electron chi connectivity index (χ2n) is 5.77. The molecule has 1 aliphatic heterocycles. The minimum absolute atomic E-state index is 0.101. The van der Waals surface area contributed by atoms with Gasteiger partial charge in [-0.05, 0) is 18.4 Å². The molecule has 1 fully saturated rings. The van der Waals surface area contributed by atoms with Crippen LogP contribution in [-0.4, -0.2) is 27.5 Å². The standard InChI is InChI=1S/C16H16F3N3O2/c1-2-11-7-8-22(14(11)23)9-10-3-5-12(6-4-10)13-20-15(24-21-13)16(17,18)19/h3-6,11H,2,7-9H2,1H3. The van der Waals surface area contributed by atoms with Gasteiger partial charge in [0.2, 0.25) is 11.7 Å². The molecule has 1 atom stereocenters. The SMILES string of the molecule is CCC1CCN(Cc2ccc(-c3noc(C(F)(F)F)n3)cc2)C1=O. The maximum atomic E-state index is 12.5. The van der Waals surface area contributed by atoms with Crippen molar-refractivity contribution >= 4 is 5.91 Å². The second-order valence-corrected chi connectivity index (χ2v) is 5.77. The summed E-state index contributed by atoms with van der Waals surface area (Å²) in [6.45, 7) is 3.23. The largest absolute Gasteiger partial charge is 0.471 e. The Morgan fingerprint density at radius 1 is 1.29 bits per heavy atom. The lowest BCUT2D eigenvalue weighted by Crippen LogP contribution is -2.26. The Hall–Kier alpha value is -2.38. The van der Waals surface area contributed by atoms with Gasteiger partial charge in [0.05, 0.1) is 0 Å². The van der Waals surface area contributed by atoms with Crippen molar-refractivity contribution < 1.29 is 22.5 Å². The van der Waals surface area contributed by atoms with Gasteiger partial charge in [0.15, 0.2) is 0 Å². The van der Waals surface area contributed by atoms with Crippen LogP contribution in [0.2, 0.25) is 0 Å². The van der Waals surface area contributed by atoms with Crippen LogP contribution in [0.4, 0.5) is 13.2 Å². The van der Waals surface area contributed by atoms with E-state index in [1.54, 1.807) is 29.2 Å². The Labute approximate surface area is 136 Å². The first-order chi connectivity index (χ1) is 11.4. The summed E-state index contributed by atoms with van der Waals surface area (Å²) in [4.78, 5) is 17.3. The second kappa shape index (κ2) is 6.26. The Balaban J connectivity index is 1.70. The van der Waals surface area contributed by atoms with Gasteiger partial charge >= 0.3 is 12.1 Å². The van der Waals surface area contributed by atoms with E-state index in [1.807, 2.05) is 6.92 Å². The zero-order valence-electron chi connectivity index (χ0n) is 13.0. The van der Waals surface area contributed by atoms with Crippen molar-refractivity contribution in [1.29, 1.82) is 0 Å². The highest BCUT2D eigenvalue weighted by Crippen LogP contribution is 2.29. The Kier molecular flexibility index (Phi) is 4.29. The number of aromatic nitrogens is 2. The van der Waals surface area contributed by atoms with Gasteiger partial charge < -0.3 is 9.42 Å². The number of hydrogen-bond acceptors (Lipinski definition) is 4. The summed E-state index contributed by atoms with van der Waals surface area (Å²) < 4.78 is 41.6. The fourth-order valence-electron chi connectivity index (χ4n) is 2.77. The summed E-state index contributed by atoms with van der Waals surface area (Å²) in [5.74, 6) is -1.22. The lowest BCUT2D eigenvalue weighted by atomic mass is 10.1. The van der Waals surface area contributed by atoms with Gasteiger partial charge in [-0.1, -0.05) is 36.3 Å². The van der Waals surface area contributed by atoms with Crippen LogP contribution in [0.3, 0.4) is 0 Å². The third-order valence-corrected chi connectivity index (χ3v) is 4.16. The van der Waals surface area contributed by atoms with E-state index in [4.69, 9.17) is 0 Å². The molecule has 2 aromatic rings. The van der Waals surface area contributed by atoms with E-state index in [0.29, 0.717) is 12.1 Å². The van der Waals surface area contributed by atoms with Crippen LogP contribution in [0.25, 0.3) is 11.4 Å². The summed E-state index contributed by atoms with van der Waals surface area (Å²) in [5.41, 5.74) is 1.33. The molecule has 0 N–H and O–H groups in total. The molecule has 1 saturated heterocycles. The monoisotopic (exact) mass is 339 g/mol. The molecule has 0 saturated carbocycles. The number of benzene rings is 1. The summed E-state index contributed by atoms with van der Waals surface area (Å²) in [5, 5.41) is 3.35. The maximum absolute atomic E-state index is 12.5. The van der Waals surface area contributed by atoms with Crippen LogP contribution >= 0.6 is 0 Å². The Morgan fingerprint density at radius 2 is 2.00 bits per heavy atom. The fraction of sp³-hybridized carbons (Fsp3) is 0.438. The third kappa shape index (κ3) is 3.27. The van der Waals surface area contributed by atoms with E-state index in [2.05, 4.69) is 14.7 Å². The summed E-state index contributed by atoms with van der Waals surface area (Å²) in [7, 11) is 0. The van der Waals surface area contributed by atoms with Crippen molar-refractivity contribution in [2.24, 2.45) is 5.92 Å². The van der Waals surface area contributed by atoms with Crippen LogP contribution in [0.15, 0.2) is 28.8 Å². The van der Waals surface area contributed by atoms with Crippen molar-refractivity contribution in [3.8, 4) is 11.4 Å². The van der Waals surface area contributed by atoms with Gasteiger partial charge in [-0.25, -0.2) is 0 Å². The van der Waals surface area contributed by atoms with Crippen molar-refractivity contribution in [2.45, 2.75) is 32.5 Å². The van der Waals surface area contributed by atoms with Crippen molar-refractivity contribution in [2.75, 3.05) is 6.54 Å². The van der Waals surface area contributed by atoms with Crippen LogP contribution in [-0.2, 0) is 17.5 Å². The van der Waals surface area contributed by atoms with Gasteiger partial charge in [0.1, 0.15) is 0 Å². The van der Waals surface area contributed by atoms with Crippen molar-refractivity contribution in [3.63, 3.8) is 0 Å². The zero-order chi connectivity index (χ0) is 17.3. The molecule has 3 rings (SSSR count). The normalized spacial score (nSPS) is 18.4. The van der Waals surface area contributed by atoms with Crippen LogP contribution in [0, 0.1) is 5.92 Å². The highest BCUT2D eigenvalue weighted by Gasteiger charge is 2.38. The minimum atomic E-state index is -4.66. The number of nitrogens with zero attached hydrogens (tertiary/aromatic N) is 3. The van der Waals surface area contributed by atoms with Gasteiger partial charge in [-0.15, -0.1) is 0 Å². The zero-order valence-corrected chi connectivity index (χ0v) is 13.0. The topological polar surface area (TPSA) is 59.2 Å². The molecular formula is C16H16F3N3O2. The highest BCUT2D eigenvalue weighted by atomic mass is 19.4. The van der Waals surface area contributed by atoms with E-state index < -0.39 is 12.1 Å². The van der Waals surface area contributed by atoms with E-state index in [-0.39, 0.29) is 17.6 Å². The van der Waals surface area contributed by atoms with E-state index >= 15 is 0 Å². The molecule has 1 amide bonds. The average Bonchev–Trinajstić information content (AvgIpc) is 3.16. The van der Waals surface area contributed by atoms with Gasteiger partial charge in [-0.3, -0.25) is 4.79 Å². The molecule has 128 valence electrons. The molecule has 1 aromatic heterocycles. The van der Waals surface area contributed by atoms with Gasteiger partial charge in [-0.2, -0.15) is 18.2 Å². The molecule has 0 bridgehead atoms. The number of rotatable bonds is 4. The lowest BCUT2D eigenvalue weighted by molar-refractivity contribution is -0.159. The van der Waals surface area contributed by atoms with Crippen molar-refractivity contribution in [1.82, 2.24) is 15.0 Å². The maximum Gasteiger partial charge on any atom is 0.471 e. The lowest BCUT2D eigenvalue weighted by Gasteiger charge is -2.16. The molecule has 1 aromatic carbocycles. The Morgan fingerprint density at radius 3 is 2.54 bits per heavy atom. The smallest absolute Gasteiger partial charge is 0.338 e. The molecule has 0 spiro atoms. The molecule has 8 heteroatoms. The first-order valence-corrected chi connectivity index (χ1v) is 7.67. The highest BCUT2D eigenvalue weighted by molar-refractivity contribution is 5.80. The molecule has 5 nitrogen and oxygen atoms in total. The number of alkyl halides is 3. The molecule has 1 unspecified atom stereocenters. The number of likely N-dealkylation sites (tertiary alicyclic amines) is 1. The van der Waals surface area contributed by atoms with E-state index in [1.165, 1.54) is 0 Å². The van der Waals surface area contributed by atoms with E-state index in [9.17, 15) is 18.0 Å². The summed E-state index contributed by atoms with van der Waals surface area (Å²) in [6, 6.07) is 6.76. The summed E-state index contributed by atoms with van der Waals surface area (Å²) >= 11 is 0. The predicted molar refractivity (Wildman–Crippen MR) is 78.6 cm³/mol. The average molecular weight is 339 g/mol. The fourth-order valence-corrected chi connectivity index (χ4v) is 2.77. The number of carbonyl (C=O) groups excluding carboxylic acids is 1. The number of halogens is 3. The summed E-state index contributed by atoms with van der Waals surface area (Å²) in [6.07, 6.45) is -2.94. The third-order valence-electron chi connectivity index (χ3n) is 4.16. The molecule has 0 aliphatic carbocycles. The quantitative estimate of drug-likeness (QED) is 0.855. The predicted octanol–water partition coefficient (Wildman–Crippen LogP) is 3.51. The van der Waals surface area contributed by atoms with Gasteiger partial charge in [0.25, 0.3) is 0 Å². The van der Waals surface area contributed by atoms with E-state index in [0.717, 1.165) is 24.9 Å². The molecule has 1 aliphatic rings. The van der Waals surface area contributed by atoms with Gasteiger partial charge in [0, 0.05) is 24.6 Å². The molecule has 2 heterocycles. The van der Waals surface area contributed by atoms with Crippen LogP contribution < -0.4 is 0 Å². The Bertz CT molecular complexity index is 725. The molecular weight excluding hydrogens is 323 g/mol. The van der Waals surface area contributed by atoms with Crippen LogP contribution in [0.5, 0.6) is 0 Å². The van der Waals surface area contributed by atoms with Crippen LogP contribution in [0.1, 0.15) is 31.2 Å². The molecule has 24 heavy (non-hydrogen) atoms. The van der Waals surface area contributed by atoms with Crippen molar-refractivity contribution in [3.05, 3.63) is 35.7 Å². The number of amides is 1.